The molecule has 0 bridgehead atoms. The molecule has 1 amide bonds. The number of nitrogens with one attached hydrogen (secondary N) is 1. The number of rotatable bonds is 6. The third-order valence-corrected chi connectivity index (χ3v) is 4.99. The maximum atomic E-state index is 13.3. The van der Waals surface area contributed by atoms with Crippen molar-refractivity contribution in [2.24, 2.45) is 0 Å². The van der Waals surface area contributed by atoms with Crippen LogP contribution in [0.4, 0.5) is 4.39 Å². The van der Waals surface area contributed by atoms with Crippen LogP contribution in [0.25, 0.3) is 5.69 Å². The highest BCUT2D eigenvalue weighted by Crippen LogP contribution is 2.26. The first-order valence-electron chi connectivity index (χ1n) is 10.1. The Hall–Kier alpha value is -3.48. The Kier molecular flexibility index (Phi) is 6.53. The summed E-state index contributed by atoms with van der Waals surface area (Å²) >= 11 is 0. The van der Waals surface area contributed by atoms with Gasteiger partial charge in [0.2, 0.25) is 0 Å². The Morgan fingerprint density at radius 1 is 1.06 bits per heavy atom. The van der Waals surface area contributed by atoms with Crippen LogP contribution in [0.3, 0.4) is 0 Å². The van der Waals surface area contributed by atoms with Crippen molar-refractivity contribution < 1.29 is 18.7 Å². The standard InChI is InChI=1S/C24H26FN3O3/c1-6-31-24(30)22(26-23(29)18-12-14(2)11-15(3)13-18)21-16(4)27-28(17(21)5)20-9-7-19(25)8-10-20/h7-13,22H,6H2,1-5H3,(H,26,29)/t22-/m1/s1. The lowest BCUT2D eigenvalue weighted by Crippen LogP contribution is -2.35. The number of aryl methyl sites for hydroxylation is 3. The molecule has 1 atom stereocenters. The maximum absolute atomic E-state index is 13.3. The first-order chi connectivity index (χ1) is 14.7. The van der Waals surface area contributed by atoms with Crippen LogP contribution in [0, 0.1) is 33.5 Å². The number of benzene rings is 2. The molecule has 0 fully saturated rings. The summed E-state index contributed by atoms with van der Waals surface area (Å²) in [6, 6.07) is 10.4. The average Bonchev–Trinajstić information content (AvgIpc) is 3.00. The molecule has 2 aromatic carbocycles. The minimum atomic E-state index is -1.03. The van der Waals surface area contributed by atoms with Gasteiger partial charge in [0.15, 0.2) is 6.04 Å². The number of carbonyl (C=O) groups is 2. The van der Waals surface area contributed by atoms with E-state index in [1.165, 1.54) is 12.1 Å². The van der Waals surface area contributed by atoms with Crippen molar-refractivity contribution >= 4 is 11.9 Å². The molecule has 0 saturated carbocycles. The van der Waals surface area contributed by atoms with Gasteiger partial charge in [0.25, 0.3) is 5.91 Å². The van der Waals surface area contributed by atoms with E-state index in [-0.39, 0.29) is 18.3 Å². The summed E-state index contributed by atoms with van der Waals surface area (Å²) < 4.78 is 20.2. The second-order valence-electron chi connectivity index (χ2n) is 7.51. The number of amides is 1. The quantitative estimate of drug-likeness (QED) is 0.601. The summed E-state index contributed by atoms with van der Waals surface area (Å²) in [5, 5.41) is 7.33. The molecule has 0 aliphatic carbocycles. The summed E-state index contributed by atoms with van der Waals surface area (Å²) in [7, 11) is 0. The Labute approximate surface area is 181 Å². The van der Waals surface area contributed by atoms with Crippen LogP contribution in [-0.2, 0) is 9.53 Å². The van der Waals surface area contributed by atoms with Gasteiger partial charge in [0.05, 0.1) is 18.0 Å². The van der Waals surface area contributed by atoms with Gasteiger partial charge in [0, 0.05) is 16.8 Å². The molecule has 0 unspecified atom stereocenters. The summed E-state index contributed by atoms with van der Waals surface area (Å²) in [6.07, 6.45) is 0. The van der Waals surface area contributed by atoms with Gasteiger partial charge in [-0.25, -0.2) is 13.9 Å². The van der Waals surface area contributed by atoms with Crippen LogP contribution in [-0.4, -0.2) is 28.3 Å². The maximum Gasteiger partial charge on any atom is 0.333 e. The van der Waals surface area contributed by atoms with E-state index < -0.39 is 12.0 Å². The van der Waals surface area contributed by atoms with Crippen molar-refractivity contribution in [3.8, 4) is 5.69 Å². The molecule has 0 radical (unpaired) electrons. The van der Waals surface area contributed by atoms with Crippen molar-refractivity contribution in [2.75, 3.05) is 6.61 Å². The Morgan fingerprint density at radius 3 is 2.26 bits per heavy atom. The van der Waals surface area contributed by atoms with Gasteiger partial charge in [-0.1, -0.05) is 17.2 Å². The number of carbonyl (C=O) groups excluding carboxylic acids is 2. The molecule has 162 valence electrons. The highest BCUT2D eigenvalue weighted by atomic mass is 19.1. The number of nitrogens with zero attached hydrogens (tertiary/aromatic N) is 2. The first kappa shape index (κ1) is 22.2. The van der Waals surface area contributed by atoms with E-state index in [9.17, 15) is 14.0 Å². The zero-order valence-electron chi connectivity index (χ0n) is 18.3. The fourth-order valence-corrected chi connectivity index (χ4v) is 3.70. The summed E-state index contributed by atoms with van der Waals surface area (Å²) in [6.45, 7) is 9.27. The third-order valence-electron chi connectivity index (χ3n) is 4.99. The molecular formula is C24H26FN3O3. The van der Waals surface area contributed by atoms with Crippen LogP contribution in [0.1, 0.15) is 51.4 Å². The first-order valence-corrected chi connectivity index (χ1v) is 10.1. The molecule has 1 N–H and O–H groups in total. The number of hydrogen-bond donors (Lipinski definition) is 1. The lowest BCUT2D eigenvalue weighted by atomic mass is 10.0. The SMILES string of the molecule is CCOC(=O)[C@H](NC(=O)c1cc(C)cc(C)c1)c1c(C)nn(-c2ccc(F)cc2)c1C. The fraction of sp³-hybridized carbons (Fsp3) is 0.292. The number of hydrogen-bond acceptors (Lipinski definition) is 4. The molecule has 31 heavy (non-hydrogen) atoms. The van der Waals surface area contributed by atoms with E-state index in [4.69, 9.17) is 4.74 Å². The van der Waals surface area contributed by atoms with E-state index >= 15 is 0 Å². The van der Waals surface area contributed by atoms with Crippen molar-refractivity contribution in [1.82, 2.24) is 15.1 Å². The third kappa shape index (κ3) is 4.82. The second kappa shape index (κ2) is 9.12. The molecule has 1 aromatic heterocycles. The van der Waals surface area contributed by atoms with E-state index in [2.05, 4.69) is 10.4 Å². The normalized spacial score (nSPS) is 11.8. The van der Waals surface area contributed by atoms with Gasteiger partial charge in [-0.2, -0.15) is 5.10 Å². The molecular weight excluding hydrogens is 397 g/mol. The number of ether oxygens (including phenoxy) is 1. The second-order valence-corrected chi connectivity index (χ2v) is 7.51. The van der Waals surface area contributed by atoms with E-state index in [0.717, 1.165) is 11.1 Å². The highest BCUT2D eigenvalue weighted by molar-refractivity contribution is 5.97. The zero-order valence-corrected chi connectivity index (χ0v) is 18.3. The van der Waals surface area contributed by atoms with Crippen molar-refractivity contribution in [2.45, 2.75) is 40.7 Å². The predicted molar refractivity (Wildman–Crippen MR) is 116 cm³/mol. The molecule has 3 rings (SSSR count). The van der Waals surface area contributed by atoms with Crippen LogP contribution >= 0.6 is 0 Å². The monoisotopic (exact) mass is 423 g/mol. The van der Waals surface area contributed by atoms with E-state index in [0.29, 0.717) is 28.2 Å². The summed E-state index contributed by atoms with van der Waals surface area (Å²) in [5.74, 6) is -1.29. The van der Waals surface area contributed by atoms with Gasteiger partial charge < -0.3 is 10.1 Å². The largest absolute Gasteiger partial charge is 0.464 e. The lowest BCUT2D eigenvalue weighted by Gasteiger charge is -2.19. The summed E-state index contributed by atoms with van der Waals surface area (Å²) in [5.41, 5.74) is 4.80. The topological polar surface area (TPSA) is 73.2 Å². The fourth-order valence-electron chi connectivity index (χ4n) is 3.70. The minimum absolute atomic E-state index is 0.180. The molecule has 1 heterocycles. The highest BCUT2D eigenvalue weighted by Gasteiger charge is 2.31. The summed E-state index contributed by atoms with van der Waals surface area (Å²) in [4.78, 5) is 25.8. The molecule has 3 aromatic rings. The number of esters is 1. The Balaban J connectivity index is 2.02. The number of aromatic nitrogens is 2. The van der Waals surface area contributed by atoms with Crippen molar-refractivity contribution in [3.63, 3.8) is 0 Å². The molecule has 7 heteroatoms. The minimum Gasteiger partial charge on any atom is -0.464 e. The van der Waals surface area contributed by atoms with Crippen LogP contribution in [0.2, 0.25) is 0 Å². The molecule has 0 aliphatic rings. The van der Waals surface area contributed by atoms with Gasteiger partial charge in [-0.3, -0.25) is 4.79 Å². The molecule has 6 nitrogen and oxygen atoms in total. The van der Waals surface area contributed by atoms with E-state index in [1.807, 2.05) is 19.9 Å². The Morgan fingerprint density at radius 2 is 1.68 bits per heavy atom. The van der Waals surface area contributed by atoms with Crippen molar-refractivity contribution in [1.29, 1.82) is 0 Å². The van der Waals surface area contributed by atoms with Crippen LogP contribution in [0.5, 0.6) is 0 Å². The molecule has 0 spiro atoms. The Bertz CT molecular complexity index is 1100. The zero-order chi connectivity index (χ0) is 22.7. The smallest absolute Gasteiger partial charge is 0.333 e. The van der Waals surface area contributed by atoms with Gasteiger partial charge in [-0.05, 0) is 71.0 Å². The van der Waals surface area contributed by atoms with Gasteiger partial charge in [-0.15, -0.1) is 0 Å². The van der Waals surface area contributed by atoms with Crippen LogP contribution in [0.15, 0.2) is 42.5 Å². The number of halogens is 1. The van der Waals surface area contributed by atoms with E-state index in [1.54, 1.807) is 49.7 Å². The molecule has 0 saturated heterocycles. The lowest BCUT2D eigenvalue weighted by molar-refractivity contribution is -0.145. The van der Waals surface area contributed by atoms with Gasteiger partial charge in [0.1, 0.15) is 5.82 Å². The van der Waals surface area contributed by atoms with Crippen molar-refractivity contribution in [3.05, 3.63) is 81.9 Å². The molecule has 0 aliphatic heterocycles. The van der Waals surface area contributed by atoms with Crippen LogP contribution < -0.4 is 5.32 Å². The average molecular weight is 423 g/mol. The van der Waals surface area contributed by atoms with Gasteiger partial charge >= 0.3 is 5.97 Å². The predicted octanol–water partition coefficient (Wildman–Crippen LogP) is 4.28.